The monoisotopic (exact) mass is 201 g/mol. The summed E-state index contributed by atoms with van der Waals surface area (Å²) in [7, 11) is 0. The average molecular weight is 202 g/mol. The first-order chi connectivity index (χ1) is 6.77. The molecule has 0 heterocycles. The maximum absolute atomic E-state index is 6.04. The molecule has 0 unspecified atom stereocenters. The predicted molar refractivity (Wildman–Crippen MR) is 60.5 cm³/mol. The fraction of sp³-hybridized carbons (Fsp3) is 0.0769. The lowest BCUT2D eigenvalue weighted by Gasteiger charge is -2.03. The van der Waals surface area contributed by atoms with Gasteiger partial charge >= 0.3 is 0 Å². The van der Waals surface area contributed by atoms with Crippen LogP contribution in [0.1, 0.15) is 5.56 Å². The highest BCUT2D eigenvalue weighted by atomic mass is 35.5. The van der Waals surface area contributed by atoms with E-state index in [0.717, 1.165) is 11.1 Å². The Morgan fingerprint density at radius 2 is 1.79 bits per heavy atom. The van der Waals surface area contributed by atoms with E-state index in [0.29, 0.717) is 5.02 Å². The first kappa shape index (κ1) is 9.29. The van der Waals surface area contributed by atoms with Crippen LogP contribution in [0, 0.1) is 13.0 Å². The fourth-order valence-corrected chi connectivity index (χ4v) is 1.61. The van der Waals surface area contributed by atoms with Gasteiger partial charge in [-0.25, -0.2) is 0 Å². The molecule has 0 fully saturated rings. The number of benzene rings is 2. The molecule has 0 nitrogen and oxygen atoms in total. The maximum atomic E-state index is 6.04. The molecular weight excluding hydrogens is 192 g/mol. The Bertz CT molecular complexity index is 429. The minimum Gasteiger partial charge on any atom is -0.0830 e. The van der Waals surface area contributed by atoms with Gasteiger partial charge in [0.05, 0.1) is 5.02 Å². The second-order valence-corrected chi connectivity index (χ2v) is 3.64. The van der Waals surface area contributed by atoms with Crippen molar-refractivity contribution in [2.45, 2.75) is 6.92 Å². The second kappa shape index (κ2) is 3.85. The van der Waals surface area contributed by atoms with E-state index in [-0.39, 0.29) is 0 Å². The van der Waals surface area contributed by atoms with Crippen LogP contribution in [0.5, 0.6) is 0 Å². The van der Waals surface area contributed by atoms with E-state index in [1.54, 1.807) is 0 Å². The van der Waals surface area contributed by atoms with Crippen molar-refractivity contribution in [3.05, 3.63) is 59.1 Å². The zero-order chi connectivity index (χ0) is 9.97. The third-order valence-corrected chi connectivity index (χ3v) is 2.48. The molecule has 0 atom stereocenters. The Morgan fingerprint density at radius 1 is 1.07 bits per heavy atom. The summed E-state index contributed by atoms with van der Waals surface area (Å²) in [6.45, 7) is 2.07. The Balaban J connectivity index is 2.50. The molecule has 0 amide bonds. The summed E-state index contributed by atoms with van der Waals surface area (Å²) >= 11 is 6.04. The van der Waals surface area contributed by atoms with Crippen LogP contribution in [-0.4, -0.2) is 0 Å². The van der Waals surface area contributed by atoms with Gasteiger partial charge in [-0.2, -0.15) is 0 Å². The van der Waals surface area contributed by atoms with Crippen LogP contribution in [0.4, 0.5) is 0 Å². The smallest absolute Gasteiger partial charge is 0.0563 e. The zero-order valence-electron chi connectivity index (χ0n) is 7.92. The van der Waals surface area contributed by atoms with E-state index in [1.807, 2.05) is 18.2 Å². The molecule has 0 spiro atoms. The highest BCUT2D eigenvalue weighted by Gasteiger charge is 2.01. The average Bonchev–Trinajstić information content (AvgIpc) is 2.20. The van der Waals surface area contributed by atoms with Gasteiger partial charge in [0.25, 0.3) is 0 Å². The molecule has 69 valence electrons. The van der Waals surface area contributed by atoms with Crippen molar-refractivity contribution in [2.24, 2.45) is 0 Å². The summed E-state index contributed by atoms with van der Waals surface area (Å²) in [5.74, 6) is 0. The third-order valence-electron chi connectivity index (χ3n) is 2.17. The lowest BCUT2D eigenvalue weighted by molar-refractivity contribution is 1.47. The van der Waals surface area contributed by atoms with Gasteiger partial charge in [-0.1, -0.05) is 59.6 Å². The van der Waals surface area contributed by atoms with Crippen LogP contribution in [0.25, 0.3) is 11.1 Å². The van der Waals surface area contributed by atoms with Crippen LogP contribution in [0.3, 0.4) is 0 Å². The Kier molecular flexibility index (Phi) is 2.55. The van der Waals surface area contributed by atoms with Gasteiger partial charge in [0.2, 0.25) is 0 Å². The molecule has 2 aromatic carbocycles. The lowest BCUT2D eigenvalue weighted by atomic mass is 10.0. The number of rotatable bonds is 1. The largest absolute Gasteiger partial charge is 0.0830 e. The Labute approximate surface area is 89.2 Å². The Morgan fingerprint density at radius 3 is 2.43 bits per heavy atom. The standard InChI is InChI=1S/C13H10Cl/c1-10-6-8-11(9-7-10)12-4-2-3-5-13(12)14/h2-4,6-9H,1H3. The van der Waals surface area contributed by atoms with Gasteiger partial charge in [-0.15, -0.1) is 0 Å². The molecule has 0 aromatic heterocycles. The van der Waals surface area contributed by atoms with E-state index >= 15 is 0 Å². The van der Waals surface area contributed by atoms with Crippen LogP contribution < -0.4 is 0 Å². The number of aryl methyl sites for hydroxylation is 1. The van der Waals surface area contributed by atoms with Gasteiger partial charge < -0.3 is 0 Å². The minimum atomic E-state index is 0.677. The van der Waals surface area contributed by atoms with Gasteiger partial charge in [-0.3, -0.25) is 0 Å². The molecule has 0 N–H and O–H groups in total. The summed E-state index contributed by atoms with van der Waals surface area (Å²) in [5, 5.41) is 0.677. The van der Waals surface area contributed by atoms with E-state index in [1.165, 1.54) is 5.56 Å². The van der Waals surface area contributed by atoms with Gasteiger partial charge in [0.1, 0.15) is 0 Å². The van der Waals surface area contributed by atoms with E-state index in [9.17, 15) is 0 Å². The molecule has 2 rings (SSSR count). The predicted octanol–water partition coefficient (Wildman–Crippen LogP) is 4.12. The minimum absolute atomic E-state index is 0.677. The van der Waals surface area contributed by atoms with Gasteiger partial charge in [-0.05, 0) is 12.5 Å². The van der Waals surface area contributed by atoms with Crippen molar-refractivity contribution in [1.82, 2.24) is 0 Å². The van der Waals surface area contributed by atoms with Gasteiger partial charge in [0, 0.05) is 11.6 Å². The van der Waals surface area contributed by atoms with Crippen molar-refractivity contribution in [1.29, 1.82) is 0 Å². The van der Waals surface area contributed by atoms with Crippen molar-refractivity contribution in [3.8, 4) is 11.1 Å². The highest BCUT2D eigenvalue weighted by Crippen LogP contribution is 2.26. The highest BCUT2D eigenvalue weighted by molar-refractivity contribution is 6.33. The molecule has 0 saturated heterocycles. The number of halogens is 1. The van der Waals surface area contributed by atoms with E-state index < -0.39 is 0 Å². The maximum Gasteiger partial charge on any atom is 0.0563 e. The topological polar surface area (TPSA) is 0 Å². The van der Waals surface area contributed by atoms with Crippen molar-refractivity contribution in [2.75, 3.05) is 0 Å². The zero-order valence-corrected chi connectivity index (χ0v) is 8.68. The summed E-state index contributed by atoms with van der Waals surface area (Å²) in [5.41, 5.74) is 3.43. The molecule has 0 saturated carbocycles. The third kappa shape index (κ3) is 1.80. The quantitative estimate of drug-likeness (QED) is 0.651. The van der Waals surface area contributed by atoms with Crippen LogP contribution in [0.2, 0.25) is 5.02 Å². The molecule has 14 heavy (non-hydrogen) atoms. The number of hydrogen-bond donors (Lipinski definition) is 0. The molecule has 0 bridgehead atoms. The summed E-state index contributed by atoms with van der Waals surface area (Å²) < 4.78 is 0. The molecule has 0 aliphatic carbocycles. The fourth-order valence-electron chi connectivity index (χ4n) is 1.37. The first-order valence-electron chi connectivity index (χ1n) is 4.50. The van der Waals surface area contributed by atoms with Crippen LogP contribution >= 0.6 is 11.6 Å². The molecule has 1 radical (unpaired) electrons. The summed E-state index contributed by atoms with van der Waals surface area (Å²) in [4.78, 5) is 0. The summed E-state index contributed by atoms with van der Waals surface area (Å²) in [6.07, 6.45) is 0. The second-order valence-electron chi connectivity index (χ2n) is 3.26. The molecule has 0 aliphatic heterocycles. The number of hydrogen-bond acceptors (Lipinski definition) is 0. The lowest BCUT2D eigenvalue weighted by Crippen LogP contribution is -1.79. The van der Waals surface area contributed by atoms with Crippen LogP contribution in [0.15, 0.2) is 42.5 Å². The SMILES string of the molecule is Cc1ccc(-c2ccc[c]c2Cl)cc1. The van der Waals surface area contributed by atoms with E-state index in [2.05, 4.69) is 37.3 Å². The van der Waals surface area contributed by atoms with Crippen molar-refractivity contribution < 1.29 is 0 Å². The molecule has 0 aliphatic rings. The molecule has 2 aromatic rings. The van der Waals surface area contributed by atoms with Crippen LogP contribution in [-0.2, 0) is 0 Å². The Hall–Kier alpha value is -1.27. The molecule has 1 heteroatoms. The van der Waals surface area contributed by atoms with Crippen molar-refractivity contribution >= 4 is 11.6 Å². The summed E-state index contributed by atoms with van der Waals surface area (Å²) in [6, 6.07) is 17.1. The molecular formula is C13H10Cl. The normalized spacial score (nSPS) is 10.1. The first-order valence-corrected chi connectivity index (χ1v) is 4.88. The van der Waals surface area contributed by atoms with E-state index in [4.69, 9.17) is 11.6 Å². The van der Waals surface area contributed by atoms with Gasteiger partial charge in [0.15, 0.2) is 0 Å². The van der Waals surface area contributed by atoms with Crippen molar-refractivity contribution in [3.63, 3.8) is 0 Å².